The highest BCUT2D eigenvalue weighted by Gasteiger charge is 2.15. The van der Waals surface area contributed by atoms with E-state index in [1.807, 2.05) is 0 Å². The smallest absolute Gasteiger partial charge is 0.345 e. The van der Waals surface area contributed by atoms with Gasteiger partial charge in [-0.05, 0) is 48.0 Å². The van der Waals surface area contributed by atoms with Gasteiger partial charge in [-0.25, -0.2) is 10.2 Å². The SMILES string of the molecule is COc1cc(/C=N/NC(=O)c2ccc(O)cc2O)ccc1OC(=O)c1ccccc1Cl. The fraction of sp³-hybridized carbons (Fsp3) is 0.0455. The first-order valence-electron chi connectivity index (χ1n) is 8.89. The van der Waals surface area contributed by atoms with Crippen LogP contribution in [0.4, 0.5) is 0 Å². The van der Waals surface area contributed by atoms with Gasteiger partial charge in [0.1, 0.15) is 11.5 Å². The number of carbonyl (C=O) groups excluding carboxylic acids is 2. The molecule has 0 fully saturated rings. The van der Waals surface area contributed by atoms with Crippen molar-refractivity contribution in [3.05, 3.63) is 82.4 Å². The number of aromatic hydroxyl groups is 2. The van der Waals surface area contributed by atoms with Gasteiger partial charge in [-0.1, -0.05) is 23.7 Å². The molecule has 0 bridgehead atoms. The molecular formula is C22H17ClN2O6. The summed E-state index contributed by atoms with van der Waals surface area (Å²) in [4.78, 5) is 24.4. The third-order valence-corrected chi connectivity index (χ3v) is 4.42. The number of hydrazone groups is 1. The molecule has 0 aliphatic heterocycles. The third kappa shape index (κ3) is 5.31. The number of halogens is 1. The molecule has 9 heteroatoms. The average Bonchev–Trinajstić information content (AvgIpc) is 2.74. The molecule has 3 aromatic rings. The Bertz CT molecular complexity index is 1160. The quantitative estimate of drug-likeness (QED) is 0.232. The van der Waals surface area contributed by atoms with Crippen LogP contribution in [0, 0.1) is 0 Å². The Kier molecular flexibility index (Phi) is 6.74. The van der Waals surface area contributed by atoms with Gasteiger partial charge in [-0.2, -0.15) is 5.10 Å². The van der Waals surface area contributed by atoms with E-state index < -0.39 is 11.9 Å². The van der Waals surface area contributed by atoms with Crippen molar-refractivity contribution in [3.63, 3.8) is 0 Å². The molecule has 0 aliphatic carbocycles. The molecule has 0 atom stereocenters. The lowest BCUT2D eigenvalue weighted by atomic mass is 10.2. The number of nitrogens with zero attached hydrogens (tertiary/aromatic N) is 1. The van der Waals surface area contributed by atoms with Crippen LogP contribution in [0.1, 0.15) is 26.3 Å². The maximum absolute atomic E-state index is 12.3. The van der Waals surface area contributed by atoms with Crippen molar-refractivity contribution in [1.29, 1.82) is 0 Å². The standard InChI is InChI=1S/C22H17ClN2O6/c1-30-20-10-13(12-24-25-21(28)16-8-7-14(26)11-18(16)27)6-9-19(20)31-22(29)15-4-2-3-5-17(15)23/h2-12,26-27H,1H3,(H,25,28)/b24-12+. The van der Waals surface area contributed by atoms with Gasteiger partial charge < -0.3 is 19.7 Å². The summed E-state index contributed by atoms with van der Waals surface area (Å²) in [6.07, 6.45) is 1.34. The highest BCUT2D eigenvalue weighted by molar-refractivity contribution is 6.33. The maximum Gasteiger partial charge on any atom is 0.345 e. The zero-order valence-electron chi connectivity index (χ0n) is 16.2. The van der Waals surface area contributed by atoms with Crippen molar-refractivity contribution >= 4 is 29.7 Å². The normalized spacial score (nSPS) is 10.6. The Hall–Kier alpha value is -4.04. The fourth-order valence-electron chi connectivity index (χ4n) is 2.57. The molecule has 0 radical (unpaired) electrons. The number of nitrogens with one attached hydrogen (secondary N) is 1. The number of hydrogen-bond donors (Lipinski definition) is 3. The van der Waals surface area contributed by atoms with Gasteiger partial charge in [0.15, 0.2) is 11.5 Å². The van der Waals surface area contributed by atoms with Crippen molar-refractivity contribution in [2.75, 3.05) is 7.11 Å². The topological polar surface area (TPSA) is 117 Å². The summed E-state index contributed by atoms with van der Waals surface area (Å²) in [5.74, 6) is -1.38. The Balaban J connectivity index is 1.70. The van der Waals surface area contributed by atoms with Gasteiger partial charge in [0, 0.05) is 6.07 Å². The van der Waals surface area contributed by atoms with E-state index in [2.05, 4.69) is 10.5 Å². The molecule has 31 heavy (non-hydrogen) atoms. The summed E-state index contributed by atoms with van der Waals surface area (Å²) in [6, 6.07) is 14.8. The first-order valence-corrected chi connectivity index (χ1v) is 9.27. The monoisotopic (exact) mass is 440 g/mol. The average molecular weight is 441 g/mol. The first kappa shape index (κ1) is 21.7. The van der Waals surface area contributed by atoms with E-state index >= 15 is 0 Å². The number of rotatable bonds is 6. The van der Waals surface area contributed by atoms with Gasteiger partial charge >= 0.3 is 5.97 Å². The number of benzene rings is 3. The molecular weight excluding hydrogens is 424 g/mol. The molecule has 158 valence electrons. The van der Waals surface area contributed by atoms with Crippen molar-refractivity contribution in [3.8, 4) is 23.0 Å². The second-order valence-corrected chi connectivity index (χ2v) is 6.59. The van der Waals surface area contributed by atoms with E-state index in [-0.39, 0.29) is 39.1 Å². The van der Waals surface area contributed by atoms with Crippen molar-refractivity contribution in [2.24, 2.45) is 5.10 Å². The van der Waals surface area contributed by atoms with Crippen molar-refractivity contribution < 1.29 is 29.3 Å². The summed E-state index contributed by atoms with van der Waals surface area (Å²) >= 11 is 6.02. The minimum absolute atomic E-state index is 0.0469. The van der Waals surface area contributed by atoms with Gasteiger partial charge in [0.05, 0.1) is 29.5 Å². The summed E-state index contributed by atoms with van der Waals surface area (Å²) in [7, 11) is 1.42. The summed E-state index contributed by atoms with van der Waals surface area (Å²) in [5.41, 5.74) is 2.99. The van der Waals surface area contributed by atoms with Crippen molar-refractivity contribution in [2.45, 2.75) is 0 Å². The molecule has 3 rings (SSSR count). The van der Waals surface area contributed by atoms with Crippen LogP contribution in [0.15, 0.2) is 65.8 Å². The van der Waals surface area contributed by atoms with Crippen LogP contribution in [0.5, 0.6) is 23.0 Å². The molecule has 0 aromatic heterocycles. The number of carbonyl (C=O) groups is 2. The second kappa shape index (κ2) is 9.64. The molecule has 1 amide bonds. The number of amides is 1. The minimum atomic E-state index is -0.661. The number of methoxy groups -OCH3 is 1. The van der Waals surface area contributed by atoms with Crippen molar-refractivity contribution in [1.82, 2.24) is 5.43 Å². The van der Waals surface area contributed by atoms with E-state index in [0.29, 0.717) is 5.56 Å². The zero-order valence-corrected chi connectivity index (χ0v) is 17.0. The van der Waals surface area contributed by atoms with Crippen LogP contribution in [-0.4, -0.2) is 35.4 Å². The Morgan fingerprint density at radius 2 is 1.77 bits per heavy atom. The third-order valence-electron chi connectivity index (χ3n) is 4.09. The van der Waals surface area contributed by atoms with Crippen LogP contribution >= 0.6 is 11.6 Å². The molecule has 0 heterocycles. The first-order chi connectivity index (χ1) is 14.9. The number of ether oxygens (including phenoxy) is 2. The molecule has 0 saturated heterocycles. The predicted octanol–water partition coefficient (Wildman–Crippen LogP) is 3.74. The number of esters is 1. The number of hydrogen-bond acceptors (Lipinski definition) is 7. The Morgan fingerprint density at radius 3 is 2.48 bits per heavy atom. The number of phenols is 2. The van der Waals surface area contributed by atoms with Crippen LogP contribution in [-0.2, 0) is 0 Å². The molecule has 0 saturated carbocycles. The van der Waals surface area contributed by atoms with Crippen LogP contribution in [0.3, 0.4) is 0 Å². The van der Waals surface area contributed by atoms with E-state index in [9.17, 15) is 19.8 Å². The largest absolute Gasteiger partial charge is 0.508 e. The van der Waals surface area contributed by atoms with Crippen LogP contribution < -0.4 is 14.9 Å². The second-order valence-electron chi connectivity index (χ2n) is 6.18. The van der Waals surface area contributed by atoms with E-state index in [1.165, 1.54) is 31.5 Å². The lowest BCUT2D eigenvalue weighted by Gasteiger charge is -2.10. The minimum Gasteiger partial charge on any atom is -0.508 e. The van der Waals surface area contributed by atoms with E-state index in [1.54, 1.807) is 36.4 Å². The molecule has 0 aliphatic rings. The van der Waals surface area contributed by atoms with Crippen LogP contribution in [0.25, 0.3) is 0 Å². The van der Waals surface area contributed by atoms with Gasteiger partial charge in [0.25, 0.3) is 5.91 Å². The molecule has 3 aromatic carbocycles. The van der Waals surface area contributed by atoms with Gasteiger partial charge in [-0.15, -0.1) is 0 Å². The Labute approximate surface area is 182 Å². The molecule has 0 unspecified atom stereocenters. The van der Waals surface area contributed by atoms with Gasteiger partial charge in [0.2, 0.25) is 0 Å². The fourth-order valence-corrected chi connectivity index (χ4v) is 2.78. The highest BCUT2D eigenvalue weighted by Crippen LogP contribution is 2.29. The van der Waals surface area contributed by atoms with E-state index in [4.69, 9.17) is 21.1 Å². The predicted molar refractivity (Wildman–Crippen MR) is 114 cm³/mol. The van der Waals surface area contributed by atoms with E-state index in [0.717, 1.165) is 6.07 Å². The van der Waals surface area contributed by atoms with Gasteiger partial charge in [-0.3, -0.25) is 4.79 Å². The summed E-state index contributed by atoms with van der Waals surface area (Å²) in [6.45, 7) is 0. The van der Waals surface area contributed by atoms with Crippen LogP contribution in [0.2, 0.25) is 5.02 Å². The molecule has 0 spiro atoms. The summed E-state index contributed by atoms with van der Waals surface area (Å²) < 4.78 is 10.6. The lowest BCUT2D eigenvalue weighted by Crippen LogP contribution is -2.17. The zero-order chi connectivity index (χ0) is 22.4. The molecule has 8 nitrogen and oxygen atoms in total. The lowest BCUT2D eigenvalue weighted by molar-refractivity contribution is 0.0729. The maximum atomic E-state index is 12.3. The highest BCUT2D eigenvalue weighted by atomic mass is 35.5. The number of phenolic OH excluding ortho intramolecular Hbond substituents is 2. The molecule has 3 N–H and O–H groups in total. The Morgan fingerprint density at radius 1 is 1.00 bits per heavy atom. The summed E-state index contributed by atoms with van der Waals surface area (Å²) in [5, 5.41) is 23.1.